The van der Waals surface area contributed by atoms with Crippen molar-refractivity contribution in [1.82, 2.24) is 4.98 Å². The third kappa shape index (κ3) is 4.72. The quantitative estimate of drug-likeness (QED) is 0.412. The summed E-state index contributed by atoms with van der Waals surface area (Å²) in [6, 6.07) is 21.5. The van der Waals surface area contributed by atoms with Crippen LogP contribution >= 0.6 is 11.3 Å². The van der Waals surface area contributed by atoms with Crippen molar-refractivity contribution in [3.8, 4) is 16.3 Å². The largest absolute Gasteiger partial charge is 0.489 e. The van der Waals surface area contributed by atoms with Gasteiger partial charge >= 0.3 is 0 Å². The summed E-state index contributed by atoms with van der Waals surface area (Å²) in [5, 5.41) is 5.33. The van der Waals surface area contributed by atoms with E-state index in [9.17, 15) is 9.18 Å². The summed E-state index contributed by atoms with van der Waals surface area (Å²) in [6.45, 7) is 2.15. The highest BCUT2D eigenvalue weighted by atomic mass is 32.1. The summed E-state index contributed by atoms with van der Waals surface area (Å²) < 4.78 is 19.3. The molecule has 0 radical (unpaired) electrons. The fourth-order valence-electron chi connectivity index (χ4n) is 2.81. The number of carbonyl (C=O) groups excluding carboxylic acids is 1. The Morgan fingerprint density at radius 2 is 1.77 bits per heavy atom. The first-order valence-electron chi connectivity index (χ1n) is 9.39. The minimum absolute atomic E-state index is 0.159. The highest BCUT2D eigenvalue weighted by Crippen LogP contribution is 2.26. The molecule has 0 saturated heterocycles. The van der Waals surface area contributed by atoms with E-state index in [1.807, 2.05) is 55.5 Å². The first-order valence-corrected chi connectivity index (χ1v) is 10.3. The van der Waals surface area contributed by atoms with E-state index in [2.05, 4.69) is 10.3 Å². The van der Waals surface area contributed by atoms with E-state index in [0.717, 1.165) is 21.8 Å². The SMILES string of the molecule is Cc1ccc(NC(=O)c2csc(-c3ccc(OCc4ccccc4F)cc3)n2)cc1. The van der Waals surface area contributed by atoms with Gasteiger partial charge < -0.3 is 10.1 Å². The molecule has 150 valence electrons. The monoisotopic (exact) mass is 418 g/mol. The van der Waals surface area contributed by atoms with Gasteiger partial charge in [-0.2, -0.15) is 0 Å². The number of thiazole rings is 1. The lowest BCUT2D eigenvalue weighted by Gasteiger charge is -2.07. The van der Waals surface area contributed by atoms with Gasteiger partial charge in [-0.3, -0.25) is 4.79 Å². The van der Waals surface area contributed by atoms with Gasteiger partial charge in [0.25, 0.3) is 5.91 Å². The van der Waals surface area contributed by atoms with Gasteiger partial charge in [-0.15, -0.1) is 11.3 Å². The van der Waals surface area contributed by atoms with Crippen molar-refractivity contribution >= 4 is 22.9 Å². The average molecular weight is 418 g/mol. The third-order valence-corrected chi connectivity index (χ3v) is 5.39. The van der Waals surface area contributed by atoms with Crippen molar-refractivity contribution in [3.63, 3.8) is 0 Å². The van der Waals surface area contributed by atoms with E-state index < -0.39 is 0 Å². The maximum atomic E-state index is 13.7. The molecule has 1 N–H and O–H groups in total. The van der Waals surface area contributed by atoms with Gasteiger partial charge in [0.1, 0.15) is 28.9 Å². The number of nitrogens with one attached hydrogen (secondary N) is 1. The molecule has 4 aromatic rings. The number of benzene rings is 3. The number of hydrogen-bond donors (Lipinski definition) is 1. The number of carbonyl (C=O) groups is 1. The molecular formula is C24H19FN2O2S. The van der Waals surface area contributed by atoms with E-state index in [-0.39, 0.29) is 18.3 Å². The lowest BCUT2D eigenvalue weighted by atomic mass is 10.2. The van der Waals surface area contributed by atoms with E-state index in [4.69, 9.17) is 4.74 Å². The number of ether oxygens (including phenoxy) is 1. The number of anilines is 1. The predicted octanol–water partition coefficient (Wildman–Crippen LogP) is 6.09. The molecule has 30 heavy (non-hydrogen) atoms. The van der Waals surface area contributed by atoms with Crippen LogP contribution in [0.5, 0.6) is 5.75 Å². The number of rotatable bonds is 6. The second kappa shape index (κ2) is 8.88. The summed E-state index contributed by atoms with van der Waals surface area (Å²) in [5.41, 5.74) is 3.62. The first-order chi connectivity index (χ1) is 14.6. The average Bonchev–Trinajstić information content (AvgIpc) is 3.26. The Labute approximate surface area is 178 Å². The second-order valence-corrected chi connectivity index (χ2v) is 7.62. The van der Waals surface area contributed by atoms with Crippen LogP contribution in [0.1, 0.15) is 21.6 Å². The lowest BCUT2D eigenvalue weighted by Crippen LogP contribution is -2.12. The molecule has 4 nitrogen and oxygen atoms in total. The summed E-state index contributed by atoms with van der Waals surface area (Å²) in [7, 11) is 0. The molecule has 3 aromatic carbocycles. The third-order valence-electron chi connectivity index (χ3n) is 4.50. The van der Waals surface area contributed by atoms with E-state index >= 15 is 0 Å². The van der Waals surface area contributed by atoms with Crippen LogP contribution in [-0.4, -0.2) is 10.9 Å². The minimum atomic E-state index is -0.284. The lowest BCUT2D eigenvalue weighted by molar-refractivity contribution is 0.102. The second-order valence-electron chi connectivity index (χ2n) is 6.76. The van der Waals surface area contributed by atoms with Gasteiger partial charge in [-0.25, -0.2) is 9.37 Å². The molecule has 1 aromatic heterocycles. The van der Waals surface area contributed by atoms with Crippen molar-refractivity contribution in [1.29, 1.82) is 0 Å². The Hall–Kier alpha value is -3.51. The molecule has 6 heteroatoms. The van der Waals surface area contributed by atoms with Gasteiger partial charge in [0.05, 0.1) is 0 Å². The van der Waals surface area contributed by atoms with Crippen LogP contribution in [0.25, 0.3) is 10.6 Å². The Morgan fingerprint density at radius 1 is 1.03 bits per heavy atom. The Kier molecular flexibility index (Phi) is 5.86. The van der Waals surface area contributed by atoms with Crippen LogP contribution in [0.4, 0.5) is 10.1 Å². The van der Waals surface area contributed by atoms with Crippen LogP contribution in [-0.2, 0) is 6.61 Å². The first kappa shape index (κ1) is 19.8. The fourth-order valence-corrected chi connectivity index (χ4v) is 3.62. The topological polar surface area (TPSA) is 51.2 Å². The zero-order valence-corrected chi connectivity index (χ0v) is 17.1. The highest BCUT2D eigenvalue weighted by molar-refractivity contribution is 7.13. The molecule has 0 spiro atoms. The molecule has 0 aliphatic rings. The van der Waals surface area contributed by atoms with Gasteiger partial charge in [0.2, 0.25) is 0 Å². The zero-order chi connectivity index (χ0) is 20.9. The van der Waals surface area contributed by atoms with E-state index in [1.54, 1.807) is 23.6 Å². The summed E-state index contributed by atoms with van der Waals surface area (Å²) in [6.07, 6.45) is 0. The van der Waals surface area contributed by atoms with Crippen molar-refractivity contribution in [2.24, 2.45) is 0 Å². The van der Waals surface area contributed by atoms with E-state index in [1.165, 1.54) is 17.4 Å². The van der Waals surface area contributed by atoms with Crippen LogP contribution in [0.3, 0.4) is 0 Å². The number of amides is 1. The van der Waals surface area contributed by atoms with Crippen molar-refractivity contribution in [2.45, 2.75) is 13.5 Å². The summed E-state index contributed by atoms with van der Waals surface area (Å²) in [4.78, 5) is 16.9. The number of aromatic nitrogens is 1. The fraction of sp³-hybridized carbons (Fsp3) is 0.0833. The highest BCUT2D eigenvalue weighted by Gasteiger charge is 2.12. The molecule has 0 fully saturated rings. The van der Waals surface area contributed by atoms with Gasteiger partial charge in [0.15, 0.2) is 0 Å². The number of halogens is 1. The van der Waals surface area contributed by atoms with Crippen LogP contribution < -0.4 is 10.1 Å². The molecule has 0 aliphatic carbocycles. The number of aryl methyl sites for hydroxylation is 1. The predicted molar refractivity (Wildman–Crippen MR) is 117 cm³/mol. The van der Waals surface area contributed by atoms with Crippen LogP contribution in [0.15, 0.2) is 78.2 Å². The van der Waals surface area contributed by atoms with E-state index in [0.29, 0.717) is 17.0 Å². The van der Waals surface area contributed by atoms with Gasteiger partial charge in [0, 0.05) is 22.2 Å². The van der Waals surface area contributed by atoms with Crippen molar-refractivity contribution in [2.75, 3.05) is 5.32 Å². The molecule has 0 unspecified atom stereocenters. The summed E-state index contributed by atoms with van der Waals surface area (Å²) >= 11 is 1.40. The van der Waals surface area contributed by atoms with Gasteiger partial charge in [-0.05, 0) is 49.4 Å². The smallest absolute Gasteiger partial charge is 0.275 e. The molecule has 0 atom stereocenters. The molecule has 4 rings (SSSR count). The molecule has 0 saturated carbocycles. The normalized spacial score (nSPS) is 10.6. The number of hydrogen-bond acceptors (Lipinski definition) is 4. The molecule has 1 amide bonds. The number of nitrogens with zero attached hydrogens (tertiary/aromatic N) is 1. The summed E-state index contributed by atoms with van der Waals surface area (Å²) in [5.74, 6) is 0.107. The van der Waals surface area contributed by atoms with Crippen LogP contribution in [0, 0.1) is 12.7 Å². The Balaban J connectivity index is 1.40. The minimum Gasteiger partial charge on any atom is -0.489 e. The van der Waals surface area contributed by atoms with Gasteiger partial charge in [-0.1, -0.05) is 35.9 Å². The van der Waals surface area contributed by atoms with Crippen molar-refractivity contribution < 1.29 is 13.9 Å². The molecule has 0 bridgehead atoms. The molecular weight excluding hydrogens is 399 g/mol. The van der Waals surface area contributed by atoms with Crippen LogP contribution in [0.2, 0.25) is 0 Å². The maximum absolute atomic E-state index is 13.7. The zero-order valence-electron chi connectivity index (χ0n) is 16.3. The Morgan fingerprint density at radius 3 is 2.50 bits per heavy atom. The maximum Gasteiger partial charge on any atom is 0.275 e. The van der Waals surface area contributed by atoms with Crippen molar-refractivity contribution in [3.05, 3.63) is 101 Å². The Bertz CT molecular complexity index is 1150. The standard InChI is InChI=1S/C24H19FN2O2S/c1-16-6-10-19(11-7-16)26-23(28)22-15-30-24(27-22)17-8-12-20(13-9-17)29-14-18-4-2-3-5-21(18)25/h2-13,15H,14H2,1H3,(H,26,28). The molecule has 1 heterocycles. The molecule has 0 aliphatic heterocycles.